The highest BCUT2D eigenvalue weighted by atomic mass is 35.5. The summed E-state index contributed by atoms with van der Waals surface area (Å²) in [5.41, 5.74) is 3.37. The van der Waals surface area contributed by atoms with Gasteiger partial charge in [0, 0.05) is 51.9 Å². The molecule has 0 saturated carbocycles. The normalized spacial score (nSPS) is 22.9. The zero-order chi connectivity index (χ0) is 20.8. The number of anilines is 1. The van der Waals surface area contributed by atoms with Crippen LogP contribution in [0.15, 0.2) is 36.5 Å². The van der Waals surface area contributed by atoms with Gasteiger partial charge in [0.1, 0.15) is 0 Å². The molecule has 1 aliphatic carbocycles. The Morgan fingerprint density at radius 1 is 1.16 bits per heavy atom. The number of carbonyl (C=O) groups is 1. The molecule has 1 aromatic carbocycles. The first-order valence-electron chi connectivity index (χ1n) is 11.1. The smallest absolute Gasteiger partial charge is 0.231 e. The number of aryl methyl sites for hydroxylation is 1. The summed E-state index contributed by atoms with van der Waals surface area (Å²) in [4.78, 5) is 27.4. The molecule has 2 aromatic rings. The number of benzene rings is 1. The first-order chi connectivity index (χ1) is 14.5. The quantitative estimate of drug-likeness (QED) is 0.732. The van der Waals surface area contributed by atoms with Gasteiger partial charge in [-0.1, -0.05) is 30.3 Å². The summed E-state index contributed by atoms with van der Waals surface area (Å²) in [6.07, 6.45) is 7.05. The molecule has 1 unspecified atom stereocenters. The van der Waals surface area contributed by atoms with E-state index in [1.165, 1.54) is 16.8 Å². The van der Waals surface area contributed by atoms with Gasteiger partial charge in [-0.25, -0.2) is 9.97 Å². The van der Waals surface area contributed by atoms with Gasteiger partial charge in [-0.05, 0) is 43.2 Å². The molecule has 2 fully saturated rings. The number of amides is 1. The Morgan fingerprint density at radius 3 is 2.56 bits per heavy atom. The van der Waals surface area contributed by atoms with Crippen LogP contribution in [0, 0.1) is 5.41 Å². The summed E-state index contributed by atoms with van der Waals surface area (Å²) in [6, 6.07) is 10.4. The Kier molecular flexibility index (Phi) is 7.38. The van der Waals surface area contributed by atoms with Gasteiger partial charge in [-0.3, -0.25) is 4.79 Å². The second-order valence-corrected chi connectivity index (χ2v) is 9.60. The summed E-state index contributed by atoms with van der Waals surface area (Å²) in [7, 11) is 3.97. The summed E-state index contributed by atoms with van der Waals surface area (Å²) < 4.78 is 0. The third kappa shape index (κ3) is 4.20. The Balaban J connectivity index is 0.00000144. The van der Waals surface area contributed by atoms with Crippen LogP contribution in [0.25, 0.3) is 0 Å². The van der Waals surface area contributed by atoms with Crippen molar-refractivity contribution in [3.05, 3.63) is 53.3 Å². The van der Waals surface area contributed by atoms with Gasteiger partial charge < -0.3 is 15.1 Å². The zero-order valence-electron chi connectivity index (χ0n) is 18.8. The average Bonchev–Trinajstić information content (AvgIpc) is 3.08. The van der Waals surface area contributed by atoms with Gasteiger partial charge >= 0.3 is 0 Å². The first-order valence-corrected chi connectivity index (χ1v) is 11.1. The number of nitrogens with zero attached hydrogens (tertiary/aromatic N) is 4. The Labute approximate surface area is 203 Å². The topological polar surface area (TPSA) is 61.4 Å². The molecular formula is C24H33Cl2N5O. The Morgan fingerprint density at radius 2 is 1.91 bits per heavy atom. The highest BCUT2D eigenvalue weighted by molar-refractivity contribution is 5.86. The number of fused-ring (bicyclic) bond motifs is 2. The average molecular weight is 478 g/mol. The lowest BCUT2D eigenvalue weighted by Crippen LogP contribution is -2.65. The van der Waals surface area contributed by atoms with E-state index in [1.54, 1.807) is 0 Å². The van der Waals surface area contributed by atoms with Crippen LogP contribution in [0.1, 0.15) is 36.1 Å². The molecular weight excluding hydrogens is 445 g/mol. The molecule has 3 heterocycles. The van der Waals surface area contributed by atoms with E-state index in [0.717, 1.165) is 64.2 Å². The lowest BCUT2D eigenvalue weighted by atomic mass is 9.72. The molecule has 5 rings (SSSR count). The van der Waals surface area contributed by atoms with Crippen LogP contribution in [-0.2, 0) is 23.1 Å². The monoisotopic (exact) mass is 477 g/mol. The van der Waals surface area contributed by atoms with Crippen molar-refractivity contribution in [2.45, 2.75) is 37.5 Å². The largest absolute Gasteiger partial charge is 0.347 e. The van der Waals surface area contributed by atoms with E-state index in [1.807, 2.05) is 31.3 Å². The lowest BCUT2D eigenvalue weighted by Gasteiger charge is -2.48. The third-order valence-electron chi connectivity index (χ3n) is 7.26. The molecule has 0 radical (unpaired) electrons. The molecule has 32 heavy (non-hydrogen) atoms. The predicted octanol–water partition coefficient (Wildman–Crippen LogP) is 3.02. The number of piperidine rings is 1. The van der Waals surface area contributed by atoms with Crippen molar-refractivity contribution in [3.8, 4) is 0 Å². The summed E-state index contributed by atoms with van der Waals surface area (Å²) in [5, 5.41) is 3.37. The number of likely N-dealkylation sites (tertiary alicyclic amines) is 1. The maximum absolute atomic E-state index is 13.8. The molecule has 3 aliphatic rings. The maximum atomic E-state index is 13.8. The van der Waals surface area contributed by atoms with Crippen LogP contribution in [-0.4, -0.2) is 61.0 Å². The number of rotatable bonds is 4. The van der Waals surface area contributed by atoms with Crippen LogP contribution < -0.4 is 10.2 Å². The van der Waals surface area contributed by atoms with Crippen LogP contribution in [0.5, 0.6) is 0 Å². The molecule has 2 saturated heterocycles. The van der Waals surface area contributed by atoms with E-state index < -0.39 is 0 Å². The summed E-state index contributed by atoms with van der Waals surface area (Å²) in [5.74, 6) is 1.08. The number of halogens is 2. The summed E-state index contributed by atoms with van der Waals surface area (Å²) >= 11 is 0. The van der Waals surface area contributed by atoms with Crippen molar-refractivity contribution in [2.24, 2.45) is 5.41 Å². The van der Waals surface area contributed by atoms with Gasteiger partial charge in [0.05, 0.1) is 11.1 Å². The van der Waals surface area contributed by atoms with Crippen LogP contribution in [0.2, 0.25) is 0 Å². The standard InChI is InChI=1S/C24H31N5O.2ClH/c1-28(2)22-26-14-19-9-11-23(20(19)27-22)10-6-12-29(17-23)21(30)24(15-25-16-24)13-18-7-4-3-5-8-18;;/h3-5,7-8,14,25H,6,9-13,15-17H2,1-2H3;2*1H. The molecule has 1 aromatic heterocycles. The van der Waals surface area contributed by atoms with Crippen molar-refractivity contribution in [1.82, 2.24) is 20.2 Å². The van der Waals surface area contributed by atoms with Gasteiger partial charge in [0.15, 0.2) is 0 Å². The molecule has 8 heteroatoms. The van der Waals surface area contributed by atoms with Gasteiger partial charge in [0.2, 0.25) is 11.9 Å². The number of nitrogens with one attached hydrogen (secondary N) is 1. The van der Waals surface area contributed by atoms with Gasteiger partial charge in [-0.2, -0.15) is 0 Å². The maximum Gasteiger partial charge on any atom is 0.231 e. The zero-order valence-corrected chi connectivity index (χ0v) is 20.5. The Bertz CT molecular complexity index is 947. The molecule has 6 nitrogen and oxygen atoms in total. The highest BCUT2D eigenvalue weighted by Gasteiger charge is 2.50. The highest BCUT2D eigenvalue weighted by Crippen LogP contribution is 2.45. The number of carbonyl (C=O) groups excluding carboxylic acids is 1. The Hall–Kier alpha value is -1.89. The molecule has 174 valence electrons. The molecule has 1 atom stereocenters. The van der Waals surface area contributed by atoms with Crippen molar-refractivity contribution >= 4 is 36.7 Å². The van der Waals surface area contributed by atoms with E-state index in [0.29, 0.717) is 5.91 Å². The van der Waals surface area contributed by atoms with Crippen LogP contribution in [0.3, 0.4) is 0 Å². The minimum Gasteiger partial charge on any atom is -0.347 e. The van der Waals surface area contributed by atoms with Crippen LogP contribution in [0.4, 0.5) is 5.95 Å². The summed E-state index contributed by atoms with van der Waals surface area (Å²) in [6.45, 7) is 3.19. The molecule has 1 amide bonds. The minimum absolute atomic E-state index is 0. The van der Waals surface area contributed by atoms with Crippen molar-refractivity contribution in [1.29, 1.82) is 0 Å². The van der Waals surface area contributed by atoms with Crippen molar-refractivity contribution < 1.29 is 4.79 Å². The van der Waals surface area contributed by atoms with E-state index >= 15 is 0 Å². The predicted molar refractivity (Wildman–Crippen MR) is 132 cm³/mol. The van der Waals surface area contributed by atoms with E-state index in [4.69, 9.17) is 4.98 Å². The van der Waals surface area contributed by atoms with Gasteiger partial charge in [0.25, 0.3) is 0 Å². The third-order valence-corrected chi connectivity index (χ3v) is 7.26. The van der Waals surface area contributed by atoms with E-state index in [2.05, 4.69) is 39.5 Å². The van der Waals surface area contributed by atoms with Gasteiger partial charge in [-0.15, -0.1) is 24.8 Å². The molecule has 2 aliphatic heterocycles. The number of hydrogen-bond acceptors (Lipinski definition) is 5. The first kappa shape index (κ1) is 24.7. The van der Waals surface area contributed by atoms with Crippen molar-refractivity contribution in [3.63, 3.8) is 0 Å². The minimum atomic E-state index is -0.304. The molecule has 0 bridgehead atoms. The number of aromatic nitrogens is 2. The van der Waals surface area contributed by atoms with Crippen LogP contribution >= 0.6 is 24.8 Å². The van der Waals surface area contributed by atoms with Crippen molar-refractivity contribution in [2.75, 3.05) is 45.2 Å². The molecule has 1 N–H and O–H groups in total. The molecule has 1 spiro atoms. The fourth-order valence-electron chi connectivity index (χ4n) is 5.55. The SMILES string of the molecule is CN(C)c1ncc2c(n1)C1(CCCN(C(=O)C3(Cc4ccccc4)CNC3)C1)CC2.Cl.Cl. The second-order valence-electron chi connectivity index (χ2n) is 9.60. The fraction of sp³-hybridized carbons (Fsp3) is 0.542. The number of hydrogen-bond donors (Lipinski definition) is 1. The van der Waals surface area contributed by atoms with E-state index in [-0.39, 0.29) is 35.6 Å². The lowest BCUT2D eigenvalue weighted by molar-refractivity contribution is -0.147. The fourth-order valence-corrected chi connectivity index (χ4v) is 5.55. The van der Waals surface area contributed by atoms with E-state index in [9.17, 15) is 4.79 Å². The second kappa shape index (κ2) is 9.54.